The Bertz CT molecular complexity index is 10300. The van der Waals surface area contributed by atoms with E-state index in [1.807, 2.05) is 0 Å². The van der Waals surface area contributed by atoms with Crippen LogP contribution >= 0.6 is 0 Å². The maximum absolute atomic E-state index is 2.46. The predicted molar refractivity (Wildman–Crippen MR) is 620 cm³/mol. The van der Waals surface area contributed by atoms with E-state index in [9.17, 15) is 0 Å². The summed E-state index contributed by atoms with van der Waals surface area (Å²) in [5, 5.41) is 15.5. The van der Waals surface area contributed by atoms with E-state index in [0.717, 1.165) is 0 Å². The van der Waals surface area contributed by atoms with Crippen LogP contribution < -0.4 is 0 Å². The summed E-state index contributed by atoms with van der Waals surface area (Å²) in [6, 6.07) is 183. The van der Waals surface area contributed by atoms with Gasteiger partial charge in [-0.3, -0.25) is 0 Å². The molecule has 0 amide bonds. The molecule has 22 aromatic carbocycles. The lowest BCUT2D eigenvalue weighted by Gasteiger charge is -2.22. The molecule has 6 heteroatoms. The average molecular weight is 1880 g/mol. The van der Waals surface area contributed by atoms with Crippen LogP contribution in [0.2, 0.25) is 0 Å². The number of rotatable bonds is 10. The molecule has 0 atom stereocenters. The second-order valence-electron chi connectivity index (χ2n) is 41.8. The second kappa shape index (κ2) is 32.8. The first-order valence-electron chi connectivity index (χ1n) is 51.4. The lowest BCUT2D eigenvalue weighted by atomic mass is 9.80. The van der Waals surface area contributed by atoms with E-state index in [1.165, 1.54) is 276 Å². The van der Waals surface area contributed by atoms with Gasteiger partial charge in [0, 0.05) is 115 Å². The molecule has 0 bridgehead atoms. The fourth-order valence-electron chi connectivity index (χ4n) is 25.8. The van der Waals surface area contributed by atoms with Crippen LogP contribution in [0.4, 0.5) is 0 Å². The van der Waals surface area contributed by atoms with Gasteiger partial charge in [-0.15, -0.1) is 0 Å². The van der Waals surface area contributed by atoms with E-state index in [0.29, 0.717) is 0 Å². The molecular weight excluding hydrogens is 1780 g/mol. The van der Waals surface area contributed by atoms with E-state index in [4.69, 9.17) is 0 Å². The van der Waals surface area contributed by atoms with E-state index in [2.05, 4.69) is 566 Å². The maximum Gasteiger partial charge on any atom is 0.0547 e. The van der Waals surface area contributed by atoms with Gasteiger partial charge in [-0.2, -0.15) is 0 Å². The second-order valence-corrected chi connectivity index (χ2v) is 41.8. The zero-order valence-corrected chi connectivity index (χ0v) is 82.5. The lowest BCUT2D eigenvalue weighted by Crippen LogP contribution is -2.15. The van der Waals surface area contributed by atoms with Crippen molar-refractivity contribution in [1.29, 1.82) is 0 Å². The molecule has 0 fully saturated rings. The maximum atomic E-state index is 2.46. The van der Waals surface area contributed by atoms with Crippen LogP contribution in [0.25, 0.3) is 243 Å². The molecule has 0 spiro atoms. The minimum atomic E-state index is -0.0769. The Kier molecular flexibility index (Phi) is 19.1. The first-order chi connectivity index (χ1) is 72.2. The SMILES string of the molecule is CC1(C)c2ccccc2-c2cc3c(cc21)c1ccccc1n3-c1ccc(-c2ccc3c(c2)c2ccccc2n3-c2ccccc2)cc1.CC1(C)c2ccccc2-c2cc3c4ccccc4n(-c4cccc(-c5ccc(-c6ccc7c(c6)c6ccccc6n7-c6ccccc6)cc5)c4)c3cc21.CC1(C)c2ccccc2-c2ccc3c(c21)c1ccccc1n3-c1ccc(-c2ccc3c(c2)c2ccccc2n3-c2ccccc2)cc1. The van der Waals surface area contributed by atoms with Gasteiger partial charge in [-0.25, -0.2) is 0 Å². The van der Waals surface area contributed by atoms with Crippen LogP contribution in [0.3, 0.4) is 0 Å². The molecule has 694 valence electrons. The van der Waals surface area contributed by atoms with E-state index in [-0.39, 0.29) is 16.2 Å². The summed E-state index contributed by atoms with van der Waals surface area (Å²) in [5.41, 5.74) is 48.0. The Hall–Kier alpha value is -18.4. The van der Waals surface area contributed by atoms with Crippen LogP contribution in [-0.4, -0.2) is 27.4 Å². The molecule has 0 saturated heterocycles. The molecule has 0 saturated carbocycles. The van der Waals surface area contributed by atoms with Crippen molar-refractivity contribution in [3.63, 3.8) is 0 Å². The molecule has 0 unspecified atom stereocenters. The number of nitrogens with zero attached hydrogens (tertiary/aromatic N) is 6. The van der Waals surface area contributed by atoms with Gasteiger partial charge in [-0.1, -0.05) is 363 Å². The Morgan fingerprint density at radius 2 is 0.395 bits per heavy atom. The van der Waals surface area contributed by atoms with E-state index in [1.54, 1.807) is 0 Å². The van der Waals surface area contributed by atoms with Crippen molar-refractivity contribution in [3.8, 4) is 112 Å². The lowest BCUT2D eigenvalue weighted by molar-refractivity contribution is 0.661. The third-order valence-corrected chi connectivity index (χ3v) is 32.7. The van der Waals surface area contributed by atoms with Crippen molar-refractivity contribution in [3.05, 3.63) is 531 Å². The van der Waals surface area contributed by atoms with Gasteiger partial charge in [0.25, 0.3) is 0 Å². The van der Waals surface area contributed by atoms with Crippen molar-refractivity contribution < 1.29 is 0 Å². The molecular formula is C141H100N6. The first-order valence-corrected chi connectivity index (χ1v) is 51.4. The molecule has 0 radical (unpaired) electrons. The average Bonchev–Trinajstić information content (AvgIpc) is 1.54. The Morgan fingerprint density at radius 3 is 0.816 bits per heavy atom. The summed E-state index contributed by atoms with van der Waals surface area (Å²) in [4.78, 5) is 0. The predicted octanol–water partition coefficient (Wildman–Crippen LogP) is 37.2. The summed E-state index contributed by atoms with van der Waals surface area (Å²) in [5.74, 6) is 0. The number of benzene rings is 22. The molecule has 0 aliphatic heterocycles. The number of fused-ring (bicyclic) bond motifs is 28. The standard InChI is InChI=1S/C51H36N2.2C45H32N2/c1-51(2)45-20-9-6-17-39(45)42-31-44-41-19-8-11-22-48(41)53(50(44)32-46(42)51)38-16-12-13-35(29-38)33-23-25-34(26-24-33)36-27-28-49-43(30-36)40-18-7-10-21-47(40)52(49)37-14-4-3-5-15-37;1-45(2)38-17-9-6-14-33(38)35-25-27-42-43(44(35)45)36-16-8-11-19-40(36)47(42)32-23-20-29(21-24-32)30-22-26-41-37(28-30)34-15-7-10-18-39(34)46(41)31-12-4-3-5-13-31;1-45(2)39-17-9-6-14-33(39)36-28-44-38(27-40(36)45)35-16-8-11-19-42(35)47(44)32-23-20-29(21-24-32)30-22-25-43-37(26-30)34-15-7-10-18-41(34)46(43)31-12-4-3-5-13-31/h3-32H,1-2H3;2*3-28H,1-2H3. The van der Waals surface area contributed by atoms with Crippen molar-refractivity contribution in [2.75, 3.05) is 0 Å². The number of hydrogen-bond acceptors (Lipinski definition) is 0. The van der Waals surface area contributed by atoms with Crippen LogP contribution in [0.1, 0.15) is 74.9 Å². The summed E-state index contributed by atoms with van der Waals surface area (Å²) < 4.78 is 14.5. The van der Waals surface area contributed by atoms with Gasteiger partial charge in [0.1, 0.15) is 0 Å². The molecule has 6 heterocycles. The quantitative estimate of drug-likeness (QED) is 0.131. The molecule has 6 nitrogen and oxygen atoms in total. The smallest absolute Gasteiger partial charge is 0.0547 e. The minimum absolute atomic E-state index is 0.0283. The molecule has 0 N–H and O–H groups in total. The fourth-order valence-corrected chi connectivity index (χ4v) is 25.8. The topological polar surface area (TPSA) is 29.6 Å². The summed E-state index contributed by atoms with van der Waals surface area (Å²) in [6.45, 7) is 14.2. The highest BCUT2D eigenvalue weighted by molar-refractivity contribution is 6.18. The van der Waals surface area contributed by atoms with Crippen molar-refractivity contribution in [2.45, 2.75) is 57.8 Å². The van der Waals surface area contributed by atoms with E-state index >= 15 is 0 Å². The van der Waals surface area contributed by atoms with Crippen LogP contribution in [0, 0.1) is 0 Å². The van der Waals surface area contributed by atoms with Gasteiger partial charge in [0.15, 0.2) is 0 Å². The largest absolute Gasteiger partial charge is 0.309 e. The summed E-state index contributed by atoms with van der Waals surface area (Å²) in [7, 11) is 0. The number of para-hydroxylation sites is 9. The van der Waals surface area contributed by atoms with Gasteiger partial charge < -0.3 is 27.4 Å². The van der Waals surface area contributed by atoms with Crippen molar-refractivity contribution >= 4 is 131 Å². The minimum Gasteiger partial charge on any atom is -0.309 e. The van der Waals surface area contributed by atoms with Crippen LogP contribution in [0.5, 0.6) is 0 Å². The first kappa shape index (κ1) is 85.4. The molecule has 147 heavy (non-hydrogen) atoms. The number of hydrogen-bond donors (Lipinski definition) is 0. The molecule has 31 rings (SSSR count). The third-order valence-electron chi connectivity index (χ3n) is 32.7. The van der Waals surface area contributed by atoms with Gasteiger partial charge >= 0.3 is 0 Å². The fraction of sp³-hybridized carbons (Fsp3) is 0.0638. The van der Waals surface area contributed by atoms with Crippen LogP contribution in [-0.2, 0) is 16.2 Å². The van der Waals surface area contributed by atoms with Crippen molar-refractivity contribution in [2.24, 2.45) is 0 Å². The Labute approximate surface area is 852 Å². The zero-order chi connectivity index (χ0) is 97.8. The zero-order valence-electron chi connectivity index (χ0n) is 82.5. The highest BCUT2D eigenvalue weighted by atomic mass is 15.0. The highest BCUT2D eigenvalue weighted by Gasteiger charge is 2.41. The molecule has 28 aromatic rings. The van der Waals surface area contributed by atoms with Gasteiger partial charge in [0.2, 0.25) is 0 Å². The summed E-state index contributed by atoms with van der Waals surface area (Å²) in [6.07, 6.45) is 0. The molecule has 6 aromatic heterocycles. The third kappa shape index (κ3) is 13.1. The van der Waals surface area contributed by atoms with Crippen LogP contribution in [0.15, 0.2) is 497 Å². The van der Waals surface area contributed by atoms with Gasteiger partial charge in [-0.05, 0) is 287 Å². The van der Waals surface area contributed by atoms with Crippen molar-refractivity contribution in [1.82, 2.24) is 27.4 Å². The highest BCUT2D eigenvalue weighted by Crippen LogP contribution is 2.57. The monoisotopic (exact) mass is 1880 g/mol. The Morgan fingerprint density at radius 1 is 0.129 bits per heavy atom. The molecule has 3 aliphatic carbocycles. The van der Waals surface area contributed by atoms with E-state index < -0.39 is 0 Å². The number of aromatic nitrogens is 6. The normalized spacial score (nSPS) is 13.4. The molecule has 3 aliphatic rings. The summed E-state index contributed by atoms with van der Waals surface area (Å²) >= 11 is 0. The van der Waals surface area contributed by atoms with Gasteiger partial charge in [0.05, 0.1) is 66.2 Å². The Balaban J connectivity index is 0.000000104.